The molecule has 0 saturated heterocycles. The molecule has 82 heavy (non-hydrogen) atoms. The molecule has 0 unspecified atom stereocenters. The fraction of sp³-hybridized carbons (Fsp3) is 0.377. The Morgan fingerprint density at radius 1 is 0.390 bits per heavy atom. The second-order valence-electron chi connectivity index (χ2n) is 20.8. The SMILES string of the molecule is COC(=O)c1cc(N)cn1C.COC(=O)c1cc(NC(=O)c2cc(NC(=O)OC(C)(C)C)cn2C)cn1C.Cl.Cn1cc(NC(=O)OC(C)(C)C)cc1C(=O)O.Cn1cc(NC(=O)c2cc(NC(=O)OC(C)(C)C)cn2C)cc1C(=O)O. The summed E-state index contributed by atoms with van der Waals surface area (Å²) in [6.07, 6.45) is 7.61. The van der Waals surface area contributed by atoms with Gasteiger partial charge in [-0.15, -0.1) is 12.4 Å². The van der Waals surface area contributed by atoms with Gasteiger partial charge < -0.3 is 77.7 Å². The Kier molecular flexibility index (Phi) is 23.8. The quantitative estimate of drug-likeness (QED) is 0.0446. The highest BCUT2D eigenvalue weighted by atomic mass is 35.5. The summed E-state index contributed by atoms with van der Waals surface area (Å²) < 4.78 is 33.7. The van der Waals surface area contributed by atoms with Crippen molar-refractivity contribution in [1.82, 2.24) is 27.4 Å². The van der Waals surface area contributed by atoms with Gasteiger partial charge in [0.1, 0.15) is 51.0 Å². The van der Waals surface area contributed by atoms with Crippen LogP contribution in [0.1, 0.15) is 125 Å². The number of esters is 2. The van der Waals surface area contributed by atoms with E-state index in [0.717, 1.165) is 0 Å². The highest BCUT2D eigenvalue weighted by Gasteiger charge is 2.23. The number of aromatic nitrogens is 6. The number of carboxylic acid groups (broad SMARTS) is 2. The Bertz CT molecular complexity index is 3280. The number of nitrogen functional groups attached to an aromatic ring is 1. The minimum absolute atomic E-state index is 0. The van der Waals surface area contributed by atoms with Crippen LogP contribution in [-0.4, -0.2) is 123 Å². The van der Waals surface area contributed by atoms with Crippen molar-refractivity contribution in [3.63, 3.8) is 0 Å². The Balaban J connectivity index is 0.000000389. The molecule has 0 atom stereocenters. The lowest BCUT2D eigenvalue weighted by Crippen LogP contribution is -2.27. The number of methoxy groups -OCH3 is 2. The molecule has 28 nitrogen and oxygen atoms in total. The molecule has 0 spiro atoms. The monoisotopic (exact) mass is 1170 g/mol. The van der Waals surface area contributed by atoms with Gasteiger partial charge in [-0.2, -0.15) is 0 Å². The highest BCUT2D eigenvalue weighted by molar-refractivity contribution is 6.06. The summed E-state index contributed by atoms with van der Waals surface area (Å²) in [7, 11) is 12.5. The fourth-order valence-electron chi connectivity index (χ4n) is 6.90. The molecule has 448 valence electrons. The van der Waals surface area contributed by atoms with Crippen LogP contribution in [0, 0.1) is 0 Å². The van der Waals surface area contributed by atoms with Crippen molar-refractivity contribution in [3.8, 4) is 0 Å². The molecule has 0 fully saturated rings. The van der Waals surface area contributed by atoms with E-state index in [1.807, 2.05) is 0 Å². The zero-order chi connectivity index (χ0) is 61.6. The Labute approximate surface area is 479 Å². The average Bonchev–Trinajstić information content (AvgIpc) is 4.19. The lowest BCUT2D eigenvalue weighted by molar-refractivity contribution is 0.0581. The van der Waals surface area contributed by atoms with E-state index in [9.17, 15) is 43.2 Å². The third-order valence-electron chi connectivity index (χ3n) is 10.2. The third kappa shape index (κ3) is 21.6. The summed E-state index contributed by atoms with van der Waals surface area (Å²) >= 11 is 0. The lowest BCUT2D eigenvalue weighted by Gasteiger charge is -2.19. The van der Waals surface area contributed by atoms with Crippen LogP contribution in [-0.2, 0) is 66.0 Å². The molecular formula is C53H73ClN12O16. The van der Waals surface area contributed by atoms with Gasteiger partial charge in [-0.1, -0.05) is 0 Å². The van der Waals surface area contributed by atoms with Crippen molar-refractivity contribution >= 4 is 101 Å². The van der Waals surface area contributed by atoms with Crippen molar-refractivity contribution in [2.45, 2.75) is 79.1 Å². The number of nitrogens with one attached hydrogen (secondary N) is 5. The van der Waals surface area contributed by atoms with Crippen LogP contribution in [0.3, 0.4) is 0 Å². The largest absolute Gasteiger partial charge is 0.477 e. The van der Waals surface area contributed by atoms with Crippen LogP contribution in [0.2, 0.25) is 0 Å². The number of halogens is 1. The molecule has 6 heterocycles. The van der Waals surface area contributed by atoms with Gasteiger partial charge >= 0.3 is 42.2 Å². The van der Waals surface area contributed by atoms with Crippen LogP contribution in [0.25, 0.3) is 0 Å². The van der Waals surface area contributed by atoms with Gasteiger partial charge in [-0.3, -0.25) is 25.5 Å². The maximum absolute atomic E-state index is 12.5. The van der Waals surface area contributed by atoms with E-state index in [4.69, 9.17) is 30.2 Å². The summed E-state index contributed by atoms with van der Waals surface area (Å²) in [5.41, 5.74) is 7.74. The topological polar surface area (TPSA) is 356 Å². The maximum atomic E-state index is 12.5. The summed E-state index contributed by atoms with van der Waals surface area (Å²) in [5.74, 6) is -3.84. The predicted octanol–water partition coefficient (Wildman–Crippen LogP) is 8.30. The van der Waals surface area contributed by atoms with Crippen molar-refractivity contribution in [2.24, 2.45) is 42.3 Å². The molecule has 0 saturated carbocycles. The summed E-state index contributed by atoms with van der Waals surface area (Å²) in [5, 5.41) is 30.8. The molecule has 6 aromatic rings. The highest BCUT2D eigenvalue weighted by Crippen LogP contribution is 2.22. The normalized spacial score (nSPS) is 10.7. The second kappa shape index (κ2) is 28.5. The van der Waals surface area contributed by atoms with Crippen LogP contribution >= 0.6 is 12.4 Å². The number of ether oxygens (including phenoxy) is 5. The number of anilines is 6. The first-order valence-electron chi connectivity index (χ1n) is 24.3. The lowest BCUT2D eigenvalue weighted by atomic mass is 10.2. The maximum Gasteiger partial charge on any atom is 0.412 e. The van der Waals surface area contributed by atoms with Crippen LogP contribution in [0.4, 0.5) is 48.5 Å². The zero-order valence-corrected chi connectivity index (χ0v) is 49.5. The summed E-state index contributed by atoms with van der Waals surface area (Å²) in [6, 6.07) is 8.86. The number of nitrogens with two attached hydrogens (primary N) is 1. The number of hydrogen-bond acceptors (Lipinski definition) is 15. The van der Waals surface area contributed by atoms with Crippen LogP contribution in [0.5, 0.6) is 0 Å². The molecule has 0 aliphatic heterocycles. The van der Waals surface area contributed by atoms with Gasteiger partial charge in [-0.05, 0) is 98.7 Å². The molecule has 6 aromatic heterocycles. The molecule has 0 aliphatic carbocycles. The molecule has 0 aromatic carbocycles. The fourth-order valence-corrected chi connectivity index (χ4v) is 6.90. The van der Waals surface area contributed by atoms with Crippen molar-refractivity contribution in [1.29, 1.82) is 0 Å². The minimum Gasteiger partial charge on any atom is -0.477 e. The molecular weight excluding hydrogens is 1100 g/mol. The zero-order valence-electron chi connectivity index (χ0n) is 48.7. The van der Waals surface area contributed by atoms with Gasteiger partial charge in [0, 0.05) is 79.5 Å². The number of hydrogen-bond donors (Lipinski definition) is 8. The van der Waals surface area contributed by atoms with Crippen molar-refractivity contribution in [3.05, 3.63) is 108 Å². The standard InChI is InChI=1S/C18H24N4O5.C17H22N4O5.C11H16N2O4.C7H10N2O2.ClH/c1-18(2,3)27-17(25)20-12-7-13(21(4)10-12)15(23)19-11-8-14(16(24)26-6)22(5)9-11;1-17(2,3)26-16(25)19-11-6-12(20(4)9-11)14(22)18-10-7-13(15(23)24)21(5)8-10;1-11(2,3)17-10(16)12-7-5-8(9(14)15)13(4)6-7;1-9-4-5(8)3-6(9)7(10)11-2;/h7-10H,1-6H3,(H,19,23)(H,20,25);6-9H,1-5H3,(H,18,22)(H,19,25)(H,23,24);5-6H,1-4H3,(H,12,16)(H,14,15);3-4H,8H2,1-2H3;1H. The smallest absolute Gasteiger partial charge is 0.412 e. The number of nitrogens with zero attached hydrogens (tertiary/aromatic N) is 6. The molecule has 9 N–H and O–H groups in total. The first-order chi connectivity index (χ1) is 37.3. The Morgan fingerprint density at radius 2 is 0.622 bits per heavy atom. The van der Waals surface area contributed by atoms with Gasteiger partial charge in [0.15, 0.2) is 0 Å². The molecule has 29 heteroatoms. The first-order valence-corrected chi connectivity index (χ1v) is 24.3. The van der Waals surface area contributed by atoms with Gasteiger partial charge in [0.2, 0.25) is 0 Å². The van der Waals surface area contributed by atoms with Gasteiger partial charge in [-0.25, -0.2) is 33.6 Å². The van der Waals surface area contributed by atoms with E-state index in [1.165, 1.54) is 66.1 Å². The van der Waals surface area contributed by atoms with E-state index in [0.29, 0.717) is 51.2 Å². The van der Waals surface area contributed by atoms with Crippen LogP contribution < -0.4 is 32.3 Å². The molecule has 6 rings (SSSR count). The summed E-state index contributed by atoms with van der Waals surface area (Å²) in [6.45, 7) is 15.8. The van der Waals surface area contributed by atoms with Crippen molar-refractivity contribution in [2.75, 3.05) is 46.5 Å². The number of rotatable bonds is 11. The number of carboxylic acids is 2. The number of carbonyl (C=O) groups excluding carboxylic acids is 7. The molecule has 5 amide bonds. The Morgan fingerprint density at radius 3 is 0.866 bits per heavy atom. The van der Waals surface area contributed by atoms with E-state index in [-0.39, 0.29) is 35.5 Å². The predicted molar refractivity (Wildman–Crippen MR) is 306 cm³/mol. The molecule has 0 aliphatic rings. The average molecular weight is 1170 g/mol. The second-order valence-corrected chi connectivity index (χ2v) is 20.8. The Hall–Kier alpha value is -9.60. The number of aryl methyl sites for hydroxylation is 6. The van der Waals surface area contributed by atoms with Gasteiger partial charge in [0.05, 0.1) is 48.3 Å². The number of amides is 5. The number of carbonyl (C=O) groups is 9. The number of aromatic carboxylic acids is 2. The molecule has 0 radical (unpaired) electrons. The van der Waals surface area contributed by atoms with E-state index in [1.54, 1.807) is 154 Å². The first kappa shape index (κ1) is 68.5. The summed E-state index contributed by atoms with van der Waals surface area (Å²) in [4.78, 5) is 104. The van der Waals surface area contributed by atoms with Gasteiger partial charge in [0.25, 0.3) is 11.8 Å². The van der Waals surface area contributed by atoms with E-state index in [2.05, 4.69) is 36.1 Å². The van der Waals surface area contributed by atoms with E-state index < -0.39 is 64.8 Å². The van der Waals surface area contributed by atoms with E-state index >= 15 is 0 Å². The third-order valence-corrected chi connectivity index (χ3v) is 10.2. The van der Waals surface area contributed by atoms with Crippen molar-refractivity contribution < 1.29 is 77.0 Å². The minimum atomic E-state index is -1.09. The molecule has 0 bridgehead atoms. The van der Waals surface area contributed by atoms with Crippen LogP contribution in [0.15, 0.2) is 73.6 Å².